The number of nitrogens with one attached hydrogen (secondary N) is 1. The lowest BCUT2D eigenvalue weighted by Gasteiger charge is -2.23. The predicted molar refractivity (Wildman–Crippen MR) is 99.6 cm³/mol. The topological polar surface area (TPSA) is 58.6 Å². The van der Waals surface area contributed by atoms with E-state index < -0.39 is 6.04 Å². The molecule has 0 unspecified atom stereocenters. The molecule has 130 valence electrons. The van der Waals surface area contributed by atoms with Gasteiger partial charge >= 0.3 is 0 Å². The SMILES string of the molecule is COc1ccc(Br)cc1CNC(=O)[C@H]1Cc2ccccc2N1C(C)=O. The van der Waals surface area contributed by atoms with Crippen LogP contribution in [-0.2, 0) is 22.6 Å². The maximum Gasteiger partial charge on any atom is 0.243 e. The molecule has 0 bridgehead atoms. The minimum atomic E-state index is -0.520. The summed E-state index contributed by atoms with van der Waals surface area (Å²) in [6.07, 6.45) is 0.525. The third kappa shape index (κ3) is 3.54. The zero-order valence-corrected chi connectivity index (χ0v) is 15.7. The minimum absolute atomic E-state index is 0.134. The average molecular weight is 403 g/mol. The molecule has 0 aliphatic carbocycles. The molecular formula is C19H19BrN2O3. The number of halogens is 1. The molecular weight excluding hydrogens is 384 g/mol. The Hall–Kier alpha value is -2.34. The van der Waals surface area contributed by atoms with Gasteiger partial charge in [-0.05, 0) is 29.8 Å². The molecule has 0 spiro atoms. The van der Waals surface area contributed by atoms with Crippen LogP contribution in [0.25, 0.3) is 0 Å². The number of hydrogen-bond donors (Lipinski definition) is 1. The van der Waals surface area contributed by atoms with Gasteiger partial charge in [-0.2, -0.15) is 0 Å². The Balaban J connectivity index is 1.76. The van der Waals surface area contributed by atoms with Gasteiger partial charge in [-0.25, -0.2) is 0 Å². The van der Waals surface area contributed by atoms with Crippen LogP contribution in [0.2, 0.25) is 0 Å². The average Bonchev–Trinajstić information content (AvgIpc) is 2.99. The Morgan fingerprint density at radius 3 is 2.76 bits per heavy atom. The van der Waals surface area contributed by atoms with Crippen molar-refractivity contribution >= 4 is 33.4 Å². The number of carbonyl (C=O) groups excluding carboxylic acids is 2. The van der Waals surface area contributed by atoms with Crippen molar-refractivity contribution in [2.45, 2.75) is 25.9 Å². The fourth-order valence-electron chi connectivity index (χ4n) is 3.17. The first kappa shape index (κ1) is 17.5. The second kappa shape index (κ2) is 7.27. The highest BCUT2D eigenvalue weighted by Crippen LogP contribution is 2.32. The van der Waals surface area contributed by atoms with E-state index >= 15 is 0 Å². The monoisotopic (exact) mass is 402 g/mol. The molecule has 1 aliphatic heterocycles. The van der Waals surface area contributed by atoms with Crippen LogP contribution < -0.4 is 15.0 Å². The van der Waals surface area contributed by atoms with Crippen LogP contribution >= 0.6 is 15.9 Å². The number of rotatable bonds is 4. The summed E-state index contributed by atoms with van der Waals surface area (Å²) in [7, 11) is 1.60. The number of para-hydroxylation sites is 1. The van der Waals surface area contributed by atoms with Crippen LogP contribution in [0.3, 0.4) is 0 Å². The summed E-state index contributed by atoms with van der Waals surface area (Å²) in [5, 5.41) is 2.93. The summed E-state index contributed by atoms with van der Waals surface area (Å²) >= 11 is 3.43. The fourth-order valence-corrected chi connectivity index (χ4v) is 3.58. The summed E-state index contributed by atoms with van der Waals surface area (Å²) in [5.74, 6) is 0.403. The van der Waals surface area contributed by atoms with Crippen molar-refractivity contribution in [3.63, 3.8) is 0 Å². The van der Waals surface area contributed by atoms with Crippen LogP contribution in [0.5, 0.6) is 5.75 Å². The molecule has 0 saturated heterocycles. The molecule has 0 fully saturated rings. The molecule has 2 amide bonds. The van der Waals surface area contributed by atoms with E-state index in [1.165, 1.54) is 6.92 Å². The molecule has 2 aromatic rings. The predicted octanol–water partition coefficient (Wildman–Crippen LogP) is 3.05. The molecule has 3 rings (SSSR count). The van der Waals surface area contributed by atoms with Gasteiger partial charge in [0.25, 0.3) is 0 Å². The number of nitrogens with zero attached hydrogens (tertiary/aromatic N) is 1. The van der Waals surface area contributed by atoms with Gasteiger partial charge in [-0.15, -0.1) is 0 Å². The van der Waals surface area contributed by atoms with Crippen LogP contribution in [-0.4, -0.2) is 25.0 Å². The van der Waals surface area contributed by atoms with Gasteiger partial charge in [0.05, 0.1) is 7.11 Å². The largest absolute Gasteiger partial charge is 0.496 e. The minimum Gasteiger partial charge on any atom is -0.496 e. The van der Waals surface area contributed by atoms with Crippen LogP contribution in [0.15, 0.2) is 46.9 Å². The third-order valence-electron chi connectivity index (χ3n) is 4.31. The highest BCUT2D eigenvalue weighted by molar-refractivity contribution is 9.10. The quantitative estimate of drug-likeness (QED) is 0.854. The highest BCUT2D eigenvalue weighted by atomic mass is 79.9. The fraction of sp³-hybridized carbons (Fsp3) is 0.263. The van der Waals surface area contributed by atoms with Crippen LogP contribution in [0, 0.1) is 0 Å². The molecule has 1 aliphatic rings. The third-order valence-corrected chi connectivity index (χ3v) is 4.81. The molecule has 5 nitrogen and oxygen atoms in total. The lowest BCUT2D eigenvalue weighted by molar-refractivity contribution is -0.125. The number of methoxy groups -OCH3 is 1. The van der Waals surface area contributed by atoms with Crippen LogP contribution in [0.4, 0.5) is 5.69 Å². The summed E-state index contributed by atoms with van der Waals surface area (Å²) in [5.41, 5.74) is 2.70. The zero-order valence-electron chi connectivity index (χ0n) is 14.1. The second-order valence-electron chi connectivity index (χ2n) is 5.91. The first-order valence-corrected chi connectivity index (χ1v) is 8.78. The number of amides is 2. The molecule has 2 aromatic carbocycles. The summed E-state index contributed by atoms with van der Waals surface area (Å²) < 4.78 is 6.24. The maximum absolute atomic E-state index is 12.7. The Morgan fingerprint density at radius 2 is 2.04 bits per heavy atom. The van der Waals surface area contributed by atoms with Gasteiger partial charge in [0.15, 0.2) is 0 Å². The molecule has 0 aromatic heterocycles. The standard InChI is InChI=1S/C19H19BrN2O3/c1-12(23)22-16-6-4-3-5-13(16)10-17(22)19(24)21-11-14-9-15(20)7-8-18(14)25-2/h3-9,17H,10-11H2,1-2H3,(H,21,24)/t17-/m1/s1. The van der Waals surface area contributed by atoms with E-state index in [0.717, 1.165) is 21.3 Å². The summed E-state index contributed by atoms with van der Waals surface area (Å²) in [6, 6.07) is 12.7. The first-order chi connectivity index (χ1) is 12.0. The second-order valence-corrected chi connectivity index (χ2v) is 6.83. The van der Waals surface area contributed by atoms with Gasteiger partial charge in [-0.3, -0.25) is 14.5 Å². The van der Waals surface area contributed by atoms with Gasteiger partial charge in [0.1, 0.15) is 11.8 Å². The molecule has 1 atom stereocenters. The number of benzene rings is 2. The zero-order chi connectivity index (χ0) is 18.0. The van der Waals surface area contributed by atoms with Gasteiger partial charge in [0, 0.05) is 35.6 Å². The van der Waals surface area contributed by atoms with Crippen molar-refractivity contribution in [1.82, 2.24) is 5.32 Å². The molecule has 6 heteroatoms. The van der Waals surface area contributed by atoms with Gasteiger partial charge in [0.2, 0.25) is 11.8 Å². The van der Waals surface area contributed by atoms with E-state index in [1.807, 2.05) is 42.5 Å². The van der Waals surface area contributed by atoms with Crippen molar-refractivity contribution < 1.29 is 14.3 Å². The Bertz CT molecular complexity index is 822. The Morgan fingerprint density at radius 1 is 1.28 bits per heavy atom. The van der Waals surface area contributed by atoms with Crippen molar-refractivity contribution in [2.24, 2.45) is 0 Å². The van der Waals surface area contributed by atoms with E-state index in [0.29, 0.717) is 18.7 Å². The Kier molecular flexibility index (Phi) is 5.08. The summed E-state index contributed by atoms with van der Waals surface area (Å²) in [6.45, 7) is 1.82. The van der Waals surface area contributed by atoms with E-state index in [4.69, 9.17) is 4.74 Å². The lowest BCUT2D eigenvalue weighted by atomic mass is 10.1. The van der Waals surface area contributed by atoms with Crippen molar-refractivity contribution in [2.75, 3.05) is 12.0 Å². The van der Waals surface area contributed by atoms with E-state index in [1.54, 1.807) is 12.0 Å². The lowest BCUT2D eigenvalue weighted by Crippen LogP contribution is -2.47. The van der Waals surface area contributed by atoms with Crippen LogP contribution in [0.1, 0.15) is 18.1 Å². The number of carbonyl (C=O) groups is 2. The molecule has 0 saturated carbocycles. The number of anilines is 1. The molecule has 25 heavy (non-hydrogen) atoms. The smallest absolute Gasteiger partial charge is 0.243 e. The summed E-state index contributed by atoms with van der Waals surface area (Å²) in [4.78, 5) is 26.4. The van der Waals surface area contributed by atoms with E-state index in [-0.39, 0.29) is 11.8 Å². The van der Waals surface area contributed by atoms with Crippen molar-refractivity contribution in [3.8, 4) is 5.75 Å². The maximum atomic E-state index is 12.7. The molecule has 0 radical (unpaired) electrons. The van der Waals surface area contributed by atoms with Gasteiger partial charge in [-0.1, -0.05) is 34.1 Å². The van der Waals surface area contributed by atoms with Crippen molar-refractivity contribution in [1.29, 1.82) is 0 Å². The van der Waals surface area contributed by atoms with Gasteiger partial charge < -0.3 is 10.1 Å². The highest BCUT2D eigenvalue weighted by Gasteiger charge is 2.36. The van der Waals surface area contributed by atoms with E-state index in [9.17, 15) is 9.59 Å². The Labute approximate surface area is 155 Å². The first-order valence-electron chi connectivity index (χ1n) is 7.99. The number of hydrogen-bond acceptors (Lipinski definition) is 3. The normalized spacial score (nSPS) is 15.6. The van der Waals surface area contributed by atoms with Crippen molar-refractivity contribution in [3.05, 3.63) is 58.1 Å². The number of ether oxygens (including phenoxy) is 1. The molecule has 1 heterocycles. The van der Waals surface area contributed by atoms with E-state index in [2.05, 4.69) is 21.2 Å². The number of fused-ring (bicyclic) bond motifs is 1. The molecule has 1 N–H and O–H groups in total.